The minimum Gasteiger partial charge on any atom is -0.508 e. The highest BCUT2D eigenvalue weighted by Crippen LogP contribution is 2.27. The van der Waals surface area contributed by atoms with Crippen molar-refractivity contribution in [1.29, 1.82) is 0 Å². The maximum absolute atomic E-state index is 12.5. The molecule has 0 amide bonds. The van der Waals surface area contributed by atoms with Crippen molar-refractivity contribution in [3.05, 3.63) is 107 Å². The van der Waals surface area contributed by atoms with Crippen molar-refractivity contribution in [2.75, 3.05) is 0 Å². The second-order valence-electron chi connectivity index (χ2n) is 7.98. The molecule has 4 N–H and O–H groups in total. The summed E-state index contributed by atoms with van der Waals surface area (Å²) in [5, 5.41) is 38.5. The molecule has 0 heterocycles. The molecule has 35 heavy (non-hydrogen) atoms. The van der Waals surface area contributed by atoms with Gasteiger partial charge in [0, 0.05) is 47.2 Å². The fraction of sp³-hybridized carbons (Fsp3) is 0.0714. The first-order valence-corrected chi connectivity index (χ1v) is 10.7. The van der Waals surface area contributed by atoms with Crippen LogP contribution in [0.4, 0.5) is 0 Å². The first kappa shape index (κ1) is 23.4. The van der Waals surface area contributed by atoms with Gasteiger partial charge in [0.2, 0.25) is 0 Å². The number of ether oxygens (including phenoxy) is 1. The zero-order valence-corrected chi connectivity index (χ0v) is 18.5. The average Bonchev–Trinajstić information content (AvgIpc) is 2.83. The van der Waals surface area contributed by atoms with Crippen molar-refractivity contribution in [1.82, 2.24) is 0 Å². The Bertz CT molecular complexity index is 1270. The lowest BCUT2D eigenvalue weighted by Gasteiger charge is -2.09. The van der Waals surface area contributed by atoms with Crippen LogP contribution in [0.3, 0.4) is 0 Å². The molecule has 0 fully saturated rings. The van der Waals surface area contributed by atoms with Crippen LogP contribution in [0.5, 0.6) is 34.5 Å². The topological polar surface area (TPSA) is 124 Å². The van der Waals surface area contributed by atoms with Gasteiger partial charge in [-0.15, -0.1) is 0 Å². The van der Waals surface area contributed by atoms with Crippen LogP contribution < -0.4 is 4.74 Å². The SMILES string of the molecule is O=C(Cc1ccc(O)cc1O)c1ccc(Oc2ccc(C(=O)Cc3ccc(O)cc3O)cc2)cc1. The van der Waals surface area contributed by atoms with Gasteiger partial charge in [-0.2, -0.15) is 0 Å². The molecule has 4 aromatic rings. The Morgan fingerprint density at radius 3 is 1.26 bits per heavy atom. The summed E-state index contributed by atoms with van der Waals surface area (Å²) in [7, 11) is 0. The Hall–Kier alpha value is -4.78. The van der Waals surface area contributed by atoms with Crippen molar-refractivity contribution < 1.29 is 34.8 Å². The second-order valence-corrected chi connectivity index (χ2v) is 7.98. The van der Waals surface area contributed by atoms with Crippen LogP contribution in [0, 0.1) is 0 Å². The van der Waals surface area contributed by atoms with E-state index in [1.807, 2.05) is 0 Å². The normalized spacial score (nSPS) is 10.6. The molecule has 0 unspecified atom stereocenters. The first-order valence-electron chi connectivity index (χ1n) is 10.7. The monoisotopic (exact) mass is 470 g/mol. The van der Waals surface area contributed by atoms with Gasteiger partial charge in [0.05, 0.1) is 0 Å². The van der Waals surface area contributed by atoms with E-state index in [1.54, 1.807) is 48.5 Å². The molecule has 4 rings (SSSR count). The Balaban J connectivity index is 1.37. The molecule has 0 atom stereocenters. The Kier molecular flexibility index (Phi) is 6.69. The summed E-state index contributed by atoms with van der Waals surface area (Å²) in [6.45, 7) is 0. The smallest absolute Gasteiger partial charge is 0.167 e. The fourth-order valence-corrected chi connectivity index (χ4v) is 3.51. The summed E-state index contributed by atoms with van der Waals surface area (Å²) in [5.41, 5.74) is 1.73. The van der Waals surface area contributed by atoms with Crippen molar-refractivity contribution in [2.45, 2.75) is 12.8 Å². The summed E-state index contributed by atoms with van der Waals surface area (Å²) < 4.78 is 5.79. The third-order valence-corrected chi connectivity index (χ3v) is 5.43. The third kappa shape index (κ3) is 5.78. The van der Waals surface area contributed by atoms with Crippen molar-refractivity contribution in [2.24, 2.45) is 0 Å². The van der Waals surface area contributed by atoms with E-state index in [0.717, 1.165) is 0 Å². The van der Waals surface area contributed by atoms with E-state index < -0.39 is 0 Å². The Morgan fingerprint density at radius 1 is 0.543 bits per heavy atom. The number of carbonyl (C=O) groups excluding carboxylic acids is 2. The molecule has 0 aromatic heterocycles. The van der Waals surface area contributed by atoms with Crippen LogP contribution in [-0.2, 0) is 12.8 Å². The van der Waals surface area contributed by atoms with E-state index in [1.165, 1.54) is 36.4 Å². The van der Waals surface area contributed by atoms with E-state index in [2.05, 4.69) is 0 Å². The van der Waals surface area contributed by atoms with E-state index >= 15 is 0 Å². The lowest BCUT2D eigenvalue weighted by molar-refractivity contribution is 0.0984. The van der Waals surface area contributed by atoms with Gasteiger partial charge in [0.25, 0.3) is 0 Å². The number of carbonyl (C=O) groups is 2. The number of aromatic hydroxyl groups is 4. The molecule has 0 aliphatic carbocycles. The third-order valence-electron chi connectivity index (χ3n) is 5.43. The minimum absolute atomic E-state index is 0.0102. The van der Waals surface area contributed by atoms with Gasteiger partial charge < -0.3 is 25.2 Å². The van der Waals surface area contributed by atoms with Gasteiger partial charge >= 0.3 is 0 Å². The lowest BCUT2D eigenvalue weighted by atomic mass is 10.0. The first-order chi connectivity index (χ1) is 16.8. The van der Waals surface area contributed by atoms with E-state index in [-0.39, 0.29) is 47.4 Å². The molecule has 0 bridgehead atoms. The summed E-state index contributed by atoms with van der Waals surface area (Å²) in [6, 6.07) is 21.3. The predicted octanol–water partition coefficient (Wildman–Crippen LogP) is 5.15. The quantitative estimate of drug-likeness (QED) is 0.263. The molecular formula is C28H22O7. The number of ketones is 2. The van der Waals surface area contributed by atoms with Gasteiger partial charge in [-0.25, -0.2) is 0 Å². The van der Waals surface area contributed by atoms with Gasteiger partial charge in [0.15, 0.2) is 11.6 Å². The van der Waals surface area contributed by atoms with Gasteiger partial charge in [-0.3, -0.25) is 9.59 Å². The summed E-state index contributed by atoms with van der Waals surface area (Å²) in [4.78, 5) is 25.0. The average molecular weight is 470 g/mol. The maximum atomic E-state index is 12.5. The van der Waals surface area contributed by atoms with Crippen LogP contribution in [0.15, 0.2) is 84.9 Å². The molecule has 176 valence electrons. The highest BCUT2D eigenvalue weighted by atomic mass is 16.5. The molecule has 7 nitrogen and oxygen atoms in total. The Morgan fingerprint density at radius 2 is 0.914 bits per heavy atom. The number of phenols is 4. The summed E-state index contributed by atoms with van der Waals surface area (Å²) >= 11 is 0. The van der Waals surface area contributed by atoms with Crippen LogP contribution >= 0.6 is 0 Å². The summed E-state index contributed by atoms with van der Waals surface area (Å²) in [5.74, 6) is 0.188. The van der Waals surface area contributed by atoms with Crippen LogP contribution in [-0.4, -0.2) is 32.0 Å². The highest BCUT2D eigenvalue weighted by molar-refractivity contribution is 5.98. The largest absolute Gasteiger partial charge is 0.508 e. The van der Waals surface area contributed by atoms with Crippen molar-refractivity contribution in [3.8, 4) is 34.5 Å². The van der Waals surface area contributed by atoms with Crippen LogP contribution in [0.25, 0.3) is 0 Å². The minimum atomic E-state index is -0.194. The van der Waals surface area contributed by atoms with Gasteiger partial charge in [-0.05, 0) is 60.7 Å². The van der Waals surface area contributed by atoms with E-state index in [9.17, 15) is 30.0 Å². The van der Waals surface area contributed by atoms with Gasteiger partial charge in [-0.1, -0.05) is 12.1 Å². The maximum Gasteiger partial charge on any atom is 0.167 e. The zero-order chi connectivity index (χ0) is 24.9. The summed E-state index contributed by atoms with van der Waals surface area (Å²) in [6.07, 6.45) is -0.0204. The highest BCUT2D eigenvalue weighted by Gasteiger charge is 2.13. The zero-order valence-electron chi connectivity index (χ0n) is 18.5. The second kappa shape index (κ2) is 10.0. The molecule has 7 heteroatoms. The molecule has 0 saturated heterocycles. The molecular weight excluding hydrogens is 448 g/mol. The molecule has 0 radical (unpaired) electrons. The lowest BCUT2D eigenvalue weighted by Crippen LogP contribution is -2.04. The number of benzene rings is 4. The number of Topliss-reactive ketones (excluding diaryl/α,β-unsaturated/α-hetero) is 2. The Labute approximate surface area is 201 Å². The molecule has 0 saturated carbocycles. The number of hydrogen-bond donors (Lipinski definition) is 4. The fourth-order valence-electron chi connectivity index (χ4n) is 3.51. The molecule has 0 spiro atoms. The van der Waals surface area contributed by atoms with E-state index in [0.29, 0.717) is 33.8 Å². The molecule has 0 aliphatic heterocycles. The number of rotatable bonds is 8. The standard InChI is InChI=1S/C28H22O7/c29-21-7-1-19(27(33)15-21)13-25(31)17-3-9-23(10-4-17)35-24-11-5-18(6-12-24)26(32)14-20-2-8-22(30)16-28(20)34/h1-12,15-16,29-30,33-34H,13-14H2. The number of phenolic OH excluding ortho intramolecular Hbond substituents is 4. The molecule has 0 aliphatic rings. The van der Waals surface area contributed by atoms with Crippen molar-refractivity contribution in [3.63, 3.8) is 0 Å². The number of hydrogen-bond acceptors (Lipinski definition) is 7. The van der Waals surface area contributed by atoms with Gasteiger partial charge in [0.1, 0.15) is 34.5 Å². The van der Waals surface area contributed by atoms with Crippen LogP contribution in [0.1, 0.15) is 31.8 Å². The van der Waals surface area contributed by atoms with Crippen LogP contribution in [0.2, 0.25) is 0 Å². The van der Waals surface area contributed by atoms with Crippen molar-refractivity contribution >= 4 is 11.6 Å². The van der Waals surface area contributed by atoms with E-state index in [4.69, 9.17) is 4.74 Å². The molecule has 4 aromatic carbocycles. The predicted molar refractivity (Wildman–Crippen MR) is 129 cm³/mol.